The van der Waals surface area contributed by atoms with E-state index in [1.165, 1.54) is 47.9 Å². The van der Waals surface area contributed by atoms with Crippen molar-refractivity contribution in [1.29, 1.82) is 0 Å². The van der Waals surface area contributed by atoms with Crippen molar-refractivity contribution in [3.05, 3.63) is 95.3 Å². The molecule has 0 saturated heterocycles. The van der Waals surface area contributed by atoms with E-state index in [9.17, 15) is 17.6 Å². The third-order valence-corrected chi connectivity index (χ3v) is 8.03. The number of amides is 1. The first-order chi connectivity index (χ1) is 16.4. The Labute approximate surface area is 200 Å². The summed E-state index contributed by atoms with van der Waals surface area (Å²) in [5, 5.41) is 2.97. The summed E-state index contributed by atoms with van der Waals surface area (Å²) >= 11 is 0. The molecule has 0 aromatic heterocycles. The number of fused-ring (bicyclic) bond motifs is 1. The minimum absolute atomic E-state index is 0.00668. The number of nitrogens with zero attached hydrogens (tertiary/aromatic N) is 1. The van der Waals surface area contributed by atoms with Gasteiger partial charge in [-0.25, -0.2) is 12.8 Å². The second-order valence-corrected chi connectivity index (χ2v) is 10.4. The SMILES string of the molecule is CC[C@@H](NC(=O)CN(c1ccccc1F)S(=O)(=O)c1ccccc1)c1ccc2c(c1)CCCC2. The van der Waals surface area contributed by atoms with Gasteiger partial charge in [-0.2, -0.15) is 0 Å². The molecular formula is C27H29FN2O3S. The second kappa shape index (κ2) is 10.4. The van der Waals surface area contributed by atoms with E-state index in [-0.39, 0.29) is 16.6 Å². The highest BCUT2D eigenvalue weighted by Gasteiger charge is 2.29. The van der Waals surface area contributed by atoms with Gasteiger partial charge in [0.15, 0.2) is 0 Å². The molecule has 178 valence electrons. The van der Waals surface area contributed by atoms with Crippen LogP contribution in [0.1, 0.15) is 48.9 Å². The van der Waals surface area contributed by atoms with Gasteiger partial charge in [-0.3, -0.25) is 9.10 Å². The fourth-order valence-corrected chi connectivity index (χ4v) is 5.88. The molecule has 0 aliphatic heterocycles. The van der Waals surface area contributed by atoms with Crippen molar-refractivity contribution in [3.63, 3.8) is 0 Å². The maximum atomic E-state index is 14.7. The molecule has 4 rings (SSSR count). The molecule has 7 heteroatoms. The Hall–Kier alpha value is -3.19. The van der Waals surface area contributed by atoms with E-state index < -0.39 is 28.3 Å². The summed E-state index contributed by atoms with van der Waals surface area (Å²) in [7, 11) is -4.16. The van der Waals surface area contributed by atoms with Crippen LogP contribution in [0.5, 0.6) is 0 Å². The average molecular weight is 481 g/mol. The zero-order chi connectivity index (χ0) is 24.1. The molecule has 0 bridgehead atoms. The van der Waals surface area contributed by atoms with E-state index in [1.54, 1.807) is 24.3 Å². The summed E-state index contributed by atoms with van der Waals surface area (Å²) in [5.74, 6) is -1.20. The highest BCUT2D eigenvalue weighted by molar-refractivity contribution is 7.92. The van der Waals surface area contributed by atoms with Crippen LogP contribution >= 0.6 is 0 Å². The van der Waals surface area contributed by atoms with Crippen molar-refractivity contribution in [3.8, 4) is 0 Å². The van der Waals surface area contributed by atoms with Gasteiger partial charge in [0.1, 0.15) is 12.4 Å². The van der Waals surface area contributed by atoms with Crippen LogP contribution in [0.3, 0.4) is 0 Å². The van der Waals surface area contributed by atoms with Crippen LogP contribution in [0.25, 0.3) is 0 Å². The summed E-state index contributed by atoms with van der Waals surface area (Å²) in [4.78, 5) is 13.1. The number of hydrogen-bond donors (Lipinski definition) is 1. The predicted molar refractivity (Wildman–Crippen MR) is 132 cm³/mol. The van der Waals surface area contributed by atoms with Gasteiger partial charge in [-0.1, -0.05) is 55.5 Å². The molecule has 0 unspecified atom stereocenters. The molecule has 0 fully saturated rings. The largest absolute Gasteiger partial charge is 0.348 e. The monoisotopic (exact) mass is 480 g/mol. The number of aryl methyl sites for hydroxylation is 2. The molecule has 3 aromatic carbocycles. The number of sulfonamides is 1. The predicted octanol–water partition coefficient (Wildman–Crippen LogP) is 5.17. The number of nitrogens with one attached hydrogen (secondary N) is 1. The maximum Gasteiger partial charge on any atom is 0.264 e. The smallest absolute Gasteiger partial charge is 0.264 e. The average Bonchev–Trinajstić information content (AvgIpc) is 2.86. The number of para-hydroxylation sites is 1. The molecule has 0 saturated carbocycles. The fourth-order valence-electron chi connectivity index (χ4n) is 4.43. The van der Waals surface area contributed by atoms with E-state index >= 15 is 0 Å². The Morgan fingerprint density at radius 1 is 0.971 bits per heavy atom. The molecule has 34 heavy (non-hydrogen) atoms. The van der Waals surface area contributed by atoms with Crippen molar-refractivity contribution in [2.45, 2.75) is 50.0 Å². The van der Waals surface area contributed by atoms with Gasteiger partial charge in [0.05, 0.1) is 16.6 Å². The van der Waals surface area contributed by atoms with E-state index in [0.29, 0.717) is 6.42 Å². The van der Waals surface area contributed by atoms with Crippen molar-refractivity contribution in [1.82, 2.24) is 5.32 Å². The molecule has 0 spiro atoms. The van der Waals surface area contributed by atoms with Crippen LogP contribution < -0.4 is 9.62 Å². The Kier molecular flexibility index (Phi) is 7.32. The molecule has 5 nitrogen and oxygen atoms in total. The highest BCUT2D eigenvalue weighted by Crippen LogP contribution is 2.28. The molecule has 3 aromatic rings. The van der Waals surface area contributed by atoms with Gasteiger partial charge in [0.25, 0.3) is 10.0 Å². The third kappa shape index (κ3) is 5.14. The standard InChI is InChI=1S/C27H29FN2O3S/c1-2-25(22-17-16-20-10-6-7-11-21(20)18-22)29-27(31)19-30(26-15-9-8-14-24(26)28)34(32,33)23-12-4-3-5-13-23/h3-5,8-9,12-18,25H,2,6-7,10-11,19H2,1H3,(H,29,31)/t25-/m1/s1. The van der Waals surface area contributed by atoms with Crippen molar-refractivity contribution < 1.29 is 17.6 Å². The summed E-state index contributed by atoms with van der Waals surface area (Å²) in [6.45, 7) is 1.44. The van der Waals surface area contributed by atoms with Crippen LogP contribution in [-0.4, -0.2) is 20.9 Å². The summed E-state index contributed by atoms with van der Waals surface area (Å²) < 4.78 is 42.3. The lowest BCUT2D eigenvalue weighted by molar-refractivity contribution is -0.120. The molecule has 1 aliphatic rings. The number of anilines is 1. The number of rotatable bonds is 8. The zero-order valence-electron chi connectivity index (χ0n) is 19.2. The first-order valence-corrected chi connectivity index (χ1v) is 13.1. The molecule has 1 N–H and O–H groups in total. The summed E-state index contributed by atoms with van der Waals surface area (Å²) in [6.07, 6.45) is 5.11. The number of hydrogen-bond acceptors (Lipinski definition) is 3. The molecule has 1 atom stereocenters. The van der Waals surface area contributed by atoms with Crippen LogP contribution in [0.2, 0.25) is 0 Å². The number of carbonyl (C=O) groups excluding carboxylic acids is 1. The van der Waals surface area contributed by atoms with Crippen molar-refractivity contribution in [2.75, 3.05) is 10.8 Å². The Morgan fingerprint density at radius 2 is 1.65 bits per heavy atom. The number of halogens is 1. The molecule has 1 amide bonds. The van der Waals surface area contributed by atoms with E-state index in [4.69, 9.17) is 0 Å². The van der Waals surface area contributed by atoms with Gasteiger partial charge in [0, 0.05) is 0 Å². The van der Waals surface area contributed by atoms with Gasteiger partial charge >= 0.3 is 0 Å². The maximum absolute atomic E-state index is 14.7. The lowest BCUT2D eigenvalue weighted by Gasteiger charge is -2.26. The molecule has 0 radical (unpaired) electrons. The van der Waals surface area contributed by atoms with Gasteiger partial charge < -0.3 is 5.32 Å². The van der Waals surface area contributed by atoms with Gasteiger partial charge in [0.2, 0.25) is 5.91 Å². The van der Waals surface area contributed by atoms with E-state index in [2.05, 4.69) is 17.4 Å². The van der Waals surface area contributed by atoms with Crippen molar-refractivity contribution in [2.24, 2.45) is 0 Å². The Bertz CT molecular complexity index is 1260. The van der Waals surface area contributed by atoms with Crippen LogP contribution in [0.4, 0.5) is 10.1 Å². The Morgan fingerprint density at radius 3 is 2.35 bits per heavy atom. The minimum atomic E-state index is -4.16. The minimum Gasteiger partial charge on any atom is -0.348 e. The summed E-state index contributed by atoms with van der Waals surface area (Å²) in [5.41, 5.74) is 3.51. The number of benzene rings is 3. The van der Waals surface area contributed by atoms with Crippen LogP contribution in [0, 0.1) is 5.82 Å². The third-order valence-electron chi connectivity index (χ3n) is 6.26. The number of carbonyl (C=O) groups is 1. The Balaban J connectivity index is 1.60. The van der Waals surface area contributed by atoms with E-state index in [1.807, 2.05) is 13.0 Å². The first-order valence-electron chi connectivity index (χ1n) is 11.6. The van der Waals surface area contributed by atoms with Gasteiger partial charge in [-0.15, -0.1) is 0 Å². The van der Waals surface area contributed by atoms with Gasteiger partial charge in [-0.05, 0) is 73.1 Å². The molecule has 1 aliphatic carbocycles. The zero-order valence-corrected chi connectivity index (χ0v) is 20.0. The lowest BCUT2D eigenvalue weighted by atomic mass is 9.89. The second-order valence-electron chi connectivity index (χ2n) is 8.54. The van der Waals surface area contributed by atoms with Crippen LogP contribution in [-0.2, 0) is 27.7 Å². The first kappa shape index (κ1) is 24.0. The molecular weight excluding hydrogens is 451 g/mol. The normalized spacial score (nSPS) is 14.2. The lowest BCUT2D eigenvalue weighted by Crippen LogP contribution is -2.42. The topological polar surface area (TPSA) is 66.5 Å². The highest BCUT2D eigenvalue weighted by atomic mass is 32.2. The fraction of sp³-hybridized carbons (Fsp3) is 0.296. The van der Waals surface area contributed by atoms with Crippen molar-refractivity contribution >= 4 is 21.6 Å². The quantitative estimate of drug-likeness (QED) is 0.484. The molecule has 0 heterocycles. The summed E-state index contributed by atoms with van der Waals surface area (Å²) in [6, 6.07) is 19.4. The van der Waals surface area contributed by atoms with Crippen LogP contribution in [0.15, 0.2) is 77.7 Å². The van der Waals surface area contributed by atoms with E-state index in [0.717, 1.165) is 29.1 Å².